The fourth-order valence-corrected chi connectivity index (χ4v) is 1.86. The van der Waals surface area contributed by atoms with Gasteiger partial charge >= 0.3 is 0 Å². The third kappa shape index (κ3) is 2.84. The van der Waals surface area contributed by atoms with Crippen molar-refractivity contribution >= 4 is 17.5 Å². The average Bonchev–Trinajstić information content (AvgIpc) is 2.69. The topological polar surface area (TPSA) is 93.4 Å². The Balaban J connectivity index is 2.07. The van der Waals surface area contributed by atoms with Gasteiger partial charge in [-0.1, -0.05) is 12.1 Å². The number of carbonyl (C=O) groups is 2. The lowest BCUT2D eigenvalue weighted by molar-refractivity contribution is -0.137. The van der Waals surface area contributed by atoms with Crippen molar-refractivity contribution in [1.82, 2.24) is 4.90 Å². The van der Waals surface area contributed by atoms with E-state index in [1.165, 1.54) is 6.08 Å². The Morgan fingerprint density at radius 1 is 1.25 bits per heavy atom. The maximum atomic E-state index is 11.9. The van der Waals surface area contributed by atoms with E-state index in [0.717, 1.165) is 10.5 Å². The Morgan fingerprint density at radius 2 is 1.95 bits per heavy atom. The standard InChI is InChI=1S/C14H13N3O3/c15-6-5-10-1-3-11(4-2-10)16-12-9-13(19)17(7-8-18)14(12)20/h1-4,9,16,18H,5,7-8H2. The van der Waals surface area contributed by atoms with Gasteiger partial charge in [0.2, 0.25) is 0 Å². The molecule has 0 saturated carbocycles. The van der Waals surface area contributed by atoms with Crippen LogP contribution in [0.4, 0.5) is 5.69 Å². The van der Waals surface area contributed by atoms with Gasteiger partial charge in [-0.2, -0.15) is 5.26 Å². The Bertz CT molecular complexity index is 599. The predicted octanol–water partition coefficient (Wildman–Crippen LogP) is 0.410. The second-order valence-corrected chi connectivity index (χ2v) is 4.23. The number of nitriles is 1. The zero-order valence-electron chi connectivity index (χ0n) is 10.7. The molecule has 0 unspecified atom stereocenters. The fraction of sp³-hybridized carbons (Fsp3) is 0.214. The summed E-state index contributed by atoms with van der Waals surface area (Å²) in [7, 11) is 0. The van der Waals surface area contributed by atoms with Crippen LogP contribution in [-0.4, -0.2) is 35.0 Å². The highest BCUT2D eigenvalue weighted by Crippen LogP contribution is 2.17. The van der Waals surface area contributed by atoms with Crippen LogP contribution in [0.1, 0.15) is 5.56 Å². The molecule has 0 aliphatic carbocycles. The van der Waals surface area contributed by atoms with Crippen molar-refractivity contribution in [2.75, 3.05) is 18.5 Å². The third-order valence-electron chi connectivity index (χ3n) is 2.85. The third-order valence-corrected chi connectivity index (χ3v) is 2.85. The fourth-order valence-electron chi connectivity index (χ4n) is 1.86. The molecule has 6 nitrogen and oxygen atoms in total. The summed E-state index contributed by atoms with van der Waals surface area (Å²) in [6.07, 6.45) is 1.53. The highest BCUT2D eigenvalue weighted by molar-refractivity contribution is 6.17. The molecule has 2 N–H and O–H groups in total. The number of hydrogen-bond acceptors (Lipinski definition) is 5. The Labute approximate surface area is 115 Å². The van der Waals surface area contributed by atoms with Gasteiger partial charge in [0, 0.05) is 11.8 Å². The normalized spacial score (nSPS) is 14.2. The van der Waals surface area contributed by atoms with Crippen LogP contribution in [0.5, 0.6) is 0 Å². The first-order valence-corrected chi connectivity index (χ1v) is 6.07. The minimum atomic E-state index is -0.454. The van der Waals surface area contributed by atoms with Gasteiger partial charge in [-0.25, -0.2) is 0 Å². The van der Waals surface area contributed by atoms with Crippen molar-refractivity contribution < 1.29 is 14.7 Å². The molecule has 2 rings (SSSR count). The van der Waals surface area contributed by atoms with Crippen LogP contribution in [-0.2, 0) is 16.0 Å². The van der Waals surface area contributed by atoms with Gasteiger partial charge in [-0.05, 0) is 17.7 Å². The van der Waals surface area contributed by atoms with Gasteiger partial charge in [0.1, 0.15) is 5.70 Å². The molecule has 1 heterocycles. The highest BCUT2D eigenvalue weighted by atomic mass is 16.3. The van der Waals surface area contributed by atoms with E-state index >= 15 is 0 Å². The summed E-state index contributed by atoms with van der Waals surface area (Å²) < 4.78 is 0. The van der Waals surface area contributed by atoms with Gasteiger partial charge in [0.25, 0.3) is 11.8 Å². The van der Waals surface area contributed by atoms with Crippen molar-refractivity contribution in [3.63, 3.8) is 0 Å². The van der Waals surface area contributed by atoms with Crippen LogP contribution >= 0.6 is 0 Å². The Morgan fingerprint density at radius 3 is 2.55 bits per heavy atom. The average molecular weight is 271 g/mol. The number of aliphatic hydroxyl groups is 1. The second kappa shape index (κ2) is 5.99. The lowest BCUT2D eigenvalue weighted by atomic mass is 10.1. The molecule has 2 amide bonds. The number of hydrogen-bond donors (Lipinski definition) is 2. The molecule has 0 atom stereocenters. The zero-order chi connectivity index (χ0) is 14.5. The maximum Gasteiger partial charge on any atom is 0.277 e. The summed E-state index contributed by atoms with van der Waals surface area (Å²) in [4.78, 5) is 24.4. The van der Waals surface area contributed by atoms with Gasteiger partial charge in [-0.3, -0.25) is 14.5 Å². The van der Waals surface area contributed by atoms with Gasteiger partial charge in [0.05, 0.1) is 25.6 Å². The molecular formula is C14H13N3O3. The smallest absolute Gasteiger partial charge is 0.277 e. The van der Waals surface area contributed by atoms with E-state index in [0.29, 0.717) is 12.1 Å². The lowest BCUT2D eigenvalue weighted by Crippen LogP contribution is -2.34. The molecule has 1 aromatic rings. The van der Waals surface area contributed by atoms with Crippen LogP contribution in [0.3, 0.4) is 0 Å². The minimum absolute atomic E-state index is 0.0134. The van der Waals surface area contributed by atoms with E-state index in [1.54, 1.807) is 24.3 Å². The van der Waals surface area contributed by atoms with Crippen molar-refractivity contribution in [3.8, 4) is 6.07 Å². The van der Waals surface area contributed by atoms with Crippen molar-refractivity contribution in [3.05, 3.63) is 41.6 Å². The van der Waals surface area contributed by atoms with Crippen LogP contribution in [0.15, 0.2) is 36.0 Å². The molecule has 1 aliphatic rings. The molecule has 1 aromatic carbocycles. The number of β-amino-alcohol motifs (C(OH)–C–C–N with tert-alkyl or cyclic N) is 1. The molecule has 0 spiro atoms. The molecule has 0 radical (unpaired) electrons. The lowest BCUT2D eigenvalue weighted by Gasteiger charge is -2.13. The van der Waals surface area contributed by atoms with Crippen molar-refractivity contribution in [1.29, 1.82) is 5.26 Å². The van der Waals surface area contributed by atoms with Gasteiger partial charge in [0.15, 0.2) is 0 Å². The SMILES string of the molecule is N#CCc1ccc(NC2=CC(=O)N(CCO)C2=O)cc1. The molecular weight excluding hydrogens is 258 g/mol. The molecule has 1 aliphatic heterocycles. The summed E-state index contributed by atoms with van der Waals surface area (Å²) in [5, 5.41) is 20.2. The molecule has 6 heteroatoms. The predicted molar refractivity (Wildman–Crippen MR) is 71.3 cm³/mol. The van der Waals surface area contributed by atoms with Crippen LogP contribution in [0.25, 0.3) is 0 Å². The largest absolute Gasteiger partial charge is 0.395 e. The van der Waals surface area contributed by atoms with E-state index in [9.17, 15) is 9.59 Å². The molecule has 102 valence electrons. The van der Waals surface area contributed by atoms with Crippen LogP contribution in [0.2, 0.25) is 0 Å². The number of nitrogens with zero attached hydrogens (tertiary/aromatic N) is 2. The number of anilines is 1. The first-order valence-electron chi connectivity index (χ1n) is 6.07. The summed E-state index contributed by atoms with van der Waals surface area (Å²) >= 11 is 0. The van der Waals surface area contributed by atoms with E-state index in [4.69, 9.17) is 10.4 Å². The second-order valence-electron chi connectivity index (χ2n) is 4.23. The molecule has 0 aromatic heterocycles. The van der Waals surface area contributed by atoms with Crippen molar-refractivity contribution in [2.45, 2.75) is 6.42 Å². The van der Waals surface area contributed by atoms with Gasteiger partial charge < -0.3 is 10.4 Å². The summed E-state index contributed by atoms with van der Waals surface area (Å²) in [6, 6.07) is 9.07. The first kappa shape index (κ1) is 13.8. The van der Waals surface area contributed by atoms with Crippen LogP contribution < -0.4 is 5.32 Å². The number of aliphatic hydroxyl groups excluding tert-OH is 1. The number of amides is 2. The zero-order valence-corrected chi connectivity index (χ0v) is 10.7. The monoisotopic (exact) mass is 271 g/mol. The minimum Gasteiger partial charge on any atom is -0.395 e. The number of benzene rings is 1. The number of imide groups is 1. The van der Waals surface area contributed by atoms with Gasteiger partial charge in [-0.15, -0.1) is 0 Å². The summed E-state index contributed by atoms with van der Waals surface area (Å²) in [6.45, 7) is -0.276. The van der Waals surface area contributed by atoms with E-state index in [-0.39, 0.29) is 18.8 Å². The Hall–Kier alpha value is -2.65. The summed E-state index contributed by atoms with van der Waals surface area (Å²) in [5.41, 5.74) is 1.71. The highest BCUT2D eigenvalue weighted by Gasteiger charge is 2.30. The molecule has 20 heavy (non-hydrogen) atoms. The van der Waals surface area contributed by atoms with Crippen molar-refractivity contribution in [2.24, 2.45) is 0 Å². The number of carbonyl (C=O) groups excluding carboxylic acids is 2. The maximum absolute atomic E-state index is 11.9. The van der Waals surface area contributed by atoms with E-state index in [1.807, 2.05) is 6.07 Å². The molecule has 0 saturated heterocycles. The summed E-state index contributed by atoms with van der Waals surface area (Å²) in [5.74, 6) is -0.891. The molecule has 0 fully saturated rings. The Kier molecular flexibility index (Phi) is 4.13. The quantitative estimate of drug-likeness (QED) is 0.756. The van der Waals surface area contributed by atoms with E-state index in [2.05, 4.69) is 5.32 Å². The molecule has 0 bridgehead atoms. The van der Waals surface area contributed by atoms with E-state index < -0.39 is 11.8 Å². The first-order chi connectivity index (χ1) is 9.65. The number of rotatable bonds is 5. The number of nitrogens with one attached hydrogen (secondary N) is 1. The van der Waals surface area contributed by atoms with Crippen LogP contribution in [0, 0.1) is 11.3 Å².